The third-order valence-electron chi connectivity index (χ3n) is 3.35. The molecule has 112 valence electrons. The molecule has 0 aliphatic heterocycles. The second-order valence-corrected chi connectivity index (χ2v) is 5.64. The summed E-state index contributed by atoms with van der Waals surface area (Å²) in [5.41, 5.74) is 3.23. The van der Waals surface area contributed by atoms with Gasteiger partial charge in [0.1, 0.15) is 11.5 Å². The van der Waals surface area contributed by atoms with E-state index in [0.29, 0.717) is 0 Å². The largest absolute Gasteiger partial charge is 0.457 e. The van der Waals surface area contributed by atoms with Crippen LogP contribution < -0.4 is 10.1 Å². The Morgan fingerprint density at radius 1 is 1.10 bits per heavy atom. The first-order valence-corrected chi connectivity index (χ1v) is 7.73. The Labute approximate surface area is 132 Å². The highest BCUT2D eigenvalue weighted by Crippen LogP contribution is 2.30. The van der Waals surface area contributed by atoms with Crippen LogP contribution in [0.5, 0.6) is 11.5 Å². The number of benzene rings is 2. The lowest BCUT2D eigenvalue weighted by Crippen LogP contribution is -2.14. The predicted octanol–water partition coefficient (Wildman–Crippen LogP) is 5.25. The Bertz CT molecular complexity index is 587. The zero-order valence-corrected chi connectivity index (χ0v) is 13.6. The Morgan fingerprint density at radius 2 is 1.76 bits per heavy atom. The molecule has 0 radical (unpaired) electrons. The lowest BCUT2D eigenvalue weighted by atomic mass is 10.1. The molecule has 0 spiro atoms. The van der Waals surface area contributed by atoms with Gasteiger partial charge in [-0.2, -0.15) is 0 Å². The molecule has 0 aliphatic rings. The first-order valence-electron chi connectivity index (χ1n) is 7.35. The van der Waals surface area contributed by atoms with Crippen LogP contribution in [0.15, 0.2) is 36.4 Å². The summed E-state index contributed by atoms with van der Waals surface area (Å²) in [7, 11) is 0. The quantitative estimate of drug-likeness (QED) is 0.736. The molecule has 0 fully saturated rings. The Hall–Kier alpha value is -1.51. The number of hydrogen-bond acceptors (Lipinski definition) is 2. The van der Waals surface area contributed by atoms with E-state index in [-0.39, 0.29) is 0 Å². The van der Waals surface area contributed by atoms with E-state index in [0.717, 1.165) is 52.7 Å². The standard InChI is InChI=1S/C18H22ClNO/c1-4-9-20-12-15-7-5-6-8-17(15)21-16-10-13(2)18(19)14(3)11-16/h5-8,10-11,20H,4,9,12H2,1-3H3. The monoisotopic (exact) mass is 303 g/mol. The summed E-state index contributed by atoms with van der Waals surface area (Å²) in [4.78, 5) is 0. The third-order valence-corrected chi connectivity index (χ3v) is 3.95. The van der Waals surface area contributed by atoms with Crippen LogP contribution in [0.4, 0.5) is 0 Å². The van der Waals surface area contributed by atoms with Gasteiger partial charge in [-0.1, -0.05) is 36.7 Å². The average molecular weight is 304 g/mol. The molecule has 0 saturated carbocycles. The van der Waals surface area contributed by atoms with Gasteiger partial charge in [0.25, 0.3) is 0 Å². The van der Waals surface area contributed by atoms with Crippen molar-refractivity contribution in [2.45, 2.75) is 33.7 Å². The molecule has 2 rings (SSSR count). The van der Waals surface area contributed by atoms with E-state index in [2.05, 4.69) is 18.3 Å². The highest BCUT2D eigenvalue weighted by molar-refractivity contribution is 6.32. The Kier molecular flexibility index (Phi) is 5.66. The van der Waals surface area contributed by atoms with Crippen molar-refractivity contribution in [3.8, 4) is 11.5 Å². The molecular weight excluding hydrogens is 282 g/mol. The second-order valence-electron chi connectivity index (χ2n) is 5.26. The Morgan fingerprint density at radius 3 is 2.43 bits per heavy atom. The van der Waals surface area contributed by atoms with Gasteiger partial charge in [0, 0.05) is 17.1 Å². The van der Waals surface area contributed by atoms with Gasteiger partial charge < -0.3 is 10.1 Å². The van der Waals surface area contributed by atoms with Crippen LogP contribution in [0, 0.1) is 13.8 Å². The maximum atomic E-state index is 6.20. The van der Waals surface area contributed by atoms with Crippen LogP contribution in [-0.4, -0.2) is 6.54 Å². The van der Waals surface area contributed by atoms with Gasteiger partial charge in [0.2, 0.25) is 0 Å². The highest BCUT2D eigenvalue weighted by atomic mass is 35.5. The van der Waals surface area contributed by atoms with Gasteiger partial charge in [-0.15, -0.1) is 0 Å². The first kappa shape index (κ1) is 15.9. The number of halogens is 1. The molecule has 2 nitrogen and oxygen atoms in total. The molecule has 0 atom stereocenters. The summed E-state index contributed by atoms with van der Waals surface area (Å²) >= 11 is 6.20. The molecule has 0 unspecified atom stereocenters. The zero-order valence-electron chi connectivity index (χ0n) is 12.9. The second kappa shape index (κ2) is 7.48. The normalized spacial score (nSPS) is 10.7. The fourth-order valence-electron chi connectivity index (χ4n) is 2.24. The first-order chi connectivity index (χ1) is 10.1. The predicted molar refractivity (Wildman–Crippen MR) is 89.4 cm³/mol. The van der Waals surface area contributed by atoms with Crippen molar-refractivity contribution in [3.63, 3.8) is 0 Å². The number of ether oxygens (including phenoxy) is 1. The summed E-state index contributed by atoms with van der Waals surface area (Å²) in [5, 5.41) is 4.21. The van der Waals surface area contributed by atoms with E-state index < -0.39 is 0 Å². The summed E-state index contributed by atoms with van der Waals surface area (Å²) in [6, 6.07) is 12.1. The molecule has 21 heavy (non-hydrogen) atoms. The molecule has 0 aromatic heterocycles. The minimum atomic E-state index is 0.806. The van der Waals surface area contributed by atoms with E-state index >= 15 is 0 Å². The number of aryl methyl sites for hydroxylation is 2. The van der Waals surface area contributed by atoms with E-state index in [9.17, 15) is 0 Å². The smallest absolute Gasteiger partial charge is 0.131 e. The van der Waals surface area contributed by atoms with Crippen molar-refractivity contribution in [1.82, 2.24) is 5.32 Å². The van der Waals surface area contributed by atoms with E-state index in [1.807, 2.05) is 44.2 Å². The van der Waals surface area contributed by atoms with Gasteiger partial charge in [0.05, 0.1) is 0 Å². The number of para-hydroxylation sites is 1. The molecule has 0 saturated heterocycles. The number of rotatable bonds is 6. The molecule has 1 N–H and O–H groups in total. The van der Waals surface area contributed by atoms with Crippen molar-refractivity contribution in [2.75, 3.05) is 6.54 Å². The van der Waals surface area contributed by atoms with Crippen LogP contribution >= 0.6 is 11.6 Å². The average Bonchev–Trinajstić information content (AvgIpc) is 2.47. The maximum absolute atomic E-state index is 6.20. The maximum Gasteiger partial charge on any atom is 0.131 e. The minimum Gasteiger partial charge on any atom is -0.457 e. The SMILES string of the molecule is CCCNCc1ccccc1Oc1cc(C)c(Cl)c(C)c1. The Balaban J connectivity index is 2.19. The van der Waals surface area contributed by atoms with Crippen molar-refractivity contribution < 1.29 is 4.74 Å². The van der Waals surface area contributed by atoms with Crippen LogP contribution in [0.25, 0.3) is 0 Å². The molecule has 0 amide bonds. The van der Waals surface area contributed by atoms with Gasteiger partial charge in [-0.3, -0.25) is 0 Å². The minimum absolute atomic E-state index is 0.806. The molecular formula is C18H22ClNO. The van der Waals surface area contributed by atoms with Crippen molar-refractivity contribution in [3.05, 3.63) is 58.1 Å². The van der Waals surface area contributed by atoms with Crippen LogP contribution in [0.3, 0.4) is 0 Å². The fourth-order valence-corrected chi connectivity index (χ4v) is 2.35. The summed E-state index contributed by atoms with van der Waals surface area (Å²) in [6.07, 6.45) is 1.12. The van der Waals surface area contributed by atoms with Gasteiger partial charge in [0.15, 0.2) is 0 Å². The van der Waals surface area contributed by atoms with Gasteiger partial charge in [-0.25, -0.2) is 0 Å². The van der Waals surface area contributed by atoms with Gasteiger partial charge in [-0.05, 0) is 56.1 Å². The third kappa shape index (κ3) is 4.23. The molecule has 2 aromatic carbocycles. The van der Waals surface area contributed by atoms with Crippen molar-refractivity contribution in [1.29, 1.82) is 0 Å². The molecule has 0 bridgehead atoms. The molecule has 2 aromatic rings. The van der Waals surface area contributed by atoms with Crippen LogP contribution in [-0.2, 0) is 6.54 Å². The van der Waals surface area contributed by atoms with Crippen LogP contribution in [0.1, 0.15) is 30.0 Å². The van der Waals surface area contributed by atoms with E-state index in [1.54, 1.807) is 0 Å². The number of hydrogen-bond donors (Lipinski definition) is 1. The summed E-state index contributed by atoms with van der Waals surface area (Å²) in [5.74, 6) is 1.72. The lowest BCUT2D eigenvalue weighted by molar-refractivity contribution is 0.472. The lowest BCUT2D eigenvalue weighted by Gasteiger charge is -2.13. The van der Waals surface area contributed by atoms with E-state index in [4.69, 9.17) is 16.3 Å². The number of nitrogens with one attached hydrogen (secondary N) is 1. The van der Waals surface area contributed by atoms with Crippen LogP contribution in [0.2, 0.25) is 5.02 Å². The molecule has 0 aliphatic carbocycles. The van der Waals surface area contributed by atoms with Crippen molar-refractivity contribution >= 4 is 11.6 Å². The fraction of sp³-hybridized carbons (Fsp3) is 0.333. The molecule has 0 heterocycles. The van der Waals surface area contributed by atoms with Gasteiger partial charge >= 0.3 is 0 Å². The summed E-state index contributed by atoms with van der Waals surface area (Å²) < 4.78 is 6.06. The van der Waals surface area contributed by atoms with E-state index in [1.165, 1.54) is 0 Å². The molecule has 3 heteroatoms. The summed E-state index contributed by atoms with van der Waals surface area (Å²) in [6.45, 7) is 7.98. The zero-order chi connectivity index (χ0) is 15.2. The topological polar surface area (TPSA) is 21.3 Å². The highest BCUT2D eigenvalue weighted by Gasteiger charge is 2.07. The van der Waals surface area contributed by atoms with Crippen molar-refractivity contribution in [2.24, 2.45) is 0 Å².